The molecule has 0 amide bonds. The van der Waals surface area contributed by atoms with Crippen LogP contribution in [0, 0.1) is 0 Å². The molecule has 3 rings (SSSR count). The first-order valence-electron chi connectivity index (χ1n) is 9.76. The van der Waals surface area contributed by atoms with Crippen LogP contribution in [0.5, 0.6) is 11.5 Å². The number of aliphatic hydroxyl groups is 1. The molecule has 6 nitrogen and oxygen atoms in total. The van der Waals surface area contributed by atoms with Crippen LogP contribution in [0.15, 0.2) is 60.7 Å². The van der Waals surface area contributed by atoms with E-state index in [2.05, 4.69) is 4.98 Å². The number of rotatable bonds is 10. The zero-order chi connectivity index (χ0) is 21.3. The number of aryl methyl sites for hydroxylation is 2. The third-order valence-electron chi connectivity index (χ3n) is 4.72. The molecule has 0 bridgehead atoms. The standard InChI is InChI=1S/C24H25NO5/c1-29-22-10-11-23(30-16-17-6-3-2-4-7-17)18(14-22)8-5-9-20-12-19(24(27)28)13-21(15-26)25-20/h2-4,6-7,10-14,26H,5,8-9,15-16H2,1H3,(H,27,28). The fourth-order valence-electron chi connectivity index (χ4n) is 3.20. The normalized spacial score (nSPS) is 10.6. The highest BCUT2D eigenvalue weighted by Gasteiger charge is 2.10. The first-order valence-corrected chi connectivity index (χ1v) is 9.76. The molecule has 0 aliphatic rings. The second-order valence-electron chi connectivity index (χ2n) is 6.90. The summed E-state index contributed by atoms with van der Waals surface area (Å²) in [6.45, 7) is 0.184. The van der Waals surface area contributed by atoms with Crippen molar-refractivity contribution in [3.63, 3.8) is 0 Å². The minimum absolute atomic E-state index is 0.136. The molecule has 0 aliphatic heterocycles. The van der Waals surface area contributed by atoms with Crippen LogP contribution in [0.2, 0.25) is 0 Å². The Morgan fingerprint density at radius 2 is 1.77 bits per heavy atom. The molecule has 0 saturated carbocycles. The highest BCUT2D eigenvalue weighted by atomic mass is 16.5. The first kappa shape index (κ1) is 21.3. The lowest BCUT2D eigenvalue weighted by molar-refractivity contribution is 0.0696. The molecule has 0 saturated heterocycles. The zero-order valence-electron chi connectivity index (χ0n) is 16.9. The van der Waals surface area contributed by atoms with E-state index in [0.29, 0.717) is 24.4 Å². The summed E-state index contributed by atoms with van der Waals surface area (Å²) in [6.07, 6.45) is 2.05. The summed E-state index contributed by atoms with van der Waals surface area (Å²) in [7, 11) is 1.63. The summed E-state index contributed by atoms with van der Waals surface area (Å²) < 4.78 is 11.4. The Hall–Kier alpha value is -3.38. The molecule has 30 heavy (non-hydrogen) atoms. The van der Waals surface area contributed by atoms with Crippen molar-refractivity contribution in [1.29, 1.82) is 0 Å². The Morgan fingerprint density at radius 3 is 2.47 bits per heavy atom. The van der Waals surface area contributed by atoms with E-state index in [9.17, 15) is 15.0 Å². The van der Waals surface area contributed by atoms with Crippen LogP contribution >= 0.6 is 0 Å². The quantitative estimate of drug-likeness (QED) is 0.527. The molecular formula is C24H25NO5. The number of nitrogens with zero attached hydrogens (tertiary/aromatic N) is 1. The van der Waals surface area contributed by atoms with Gasteiger partial charge in [0.25, 0.3) is 0 Å². The Morgan fingerprint density at radius 1 is 1.00 bits per heavy atom. The summed E-state index contributed by atoms with van der Waals surface area (Å²) in [4.78, 5) is 15.6. The van der Waals surface area contributed by atoms with Crippen LogP contribution in [0.25, 0.3) is 0 Å². The Kier molecular flexibility index (Phi) is 7.40. The monoisotopic (exact) mass is 407 g/mol. The molecule has 156 valence electrons. The van der Waals surface area contributed by atoms with Gasteiger partial charge in [-0.1, -0.05) is 30.3 Å². The van der Waals surface area contributed by atoms with Crippen molar-refractivity contribution in [2.24, 2.45) is 0 Å². The van der Waals surface area contributed by atoms with Gasteiger partial charge in [0.1, 0.15) is 18.1 Å². The lowest BCUT2D eigenvalue weighted by atomic mass is 10.0. The van der Waals surface area contributed by atoms with Crippen LogP contribution in [0.1, 0.15) is 39.3 Å². The zero-order valence-corrected chi connectivity index (χ0v) is 16.9. The van der Waals surface area contributed by atoms with Crippen LogP contribution in [0.3, 0.4) is 0 Å². The number of ether oxygens (including phenoxy) is 2. The summed E-state index contributed by atoms with van der Waals surface area (Å²) >= 11 is 0. The fraction of sp³-hybridized carbons (Fsp3) is 0.250. The average Bonchev–Trinajstić information content (AvgIpc) is 2.78. The van der Waals surface area contributed by atoms with Gasteiger partial charge < -0.3 is 19.7 Å². The highest BCUT2D eigenvalue weighted by molar-refractivity contribution is 5.87. The van der Waals surface area contributed by atoms with Gasteiger partial charge in [-0.3, -0.25) is 4.98 Å². The van der Waals surface area contributed by atoms with E-state index in [1.807, 2.05) is 48.5 Å². The predicted molar refractivity (Wildman–Crippen MR) is 113 cm³/mol. The van der Waals surface area contributed by atoms with Crippen molar-refractivity contribution >= 4 is 5.97 Å². The van der Waals surface area contributed by atoms with E-state index >= 15 is 0 Å². The van der Waals surface area contributed by atoms with Crippen molar-refractivity contribution < 1.29 is 24.5 Å². The van der Waals surface area contributed by atoms with Gasteiger partial charge in [-0.15, -0.1) is 0 Å². The molecule has 2 N–H and O–H groups in total. The van der Waals surface area contributed by atoms with Gasteiger partial charge in [0, 0.05) is 5.69 Å². The Bertz CT molecular complexity index is 988. The molecule has 0 atom stereocenters. The number of benzene rings is 2. The molecule has 0 radical (unpaired) electrons. The molecule has 0 spiro atoms. The van der Waals surface area contributed by atoms with E-state index in [4.69, 9.17) is 9.47 Å². The maximum absolute atomic E-state index is 11.3. The highest BCUT2D eigenvalue weighted by Crippen LogP contribution is 2.27. The number of hydrogen-bond donors (Lipinski definition) is 2. The van der Waals surface area contributed by atoms with E-state index in [0.717, 1.165) is 35.5 Å². The summed E-state index contributed by atoms with van der Waals surface area (Å²) in [5.41, 5.74) is 3.25. The smallest absolute Gasteiger partial charge is 0.335 e. The molecule has 6 heteroatoms. The minimum atomic E-state index is -1.03. The average molecular weight is 407 g/mol. The van der Waals surface area contributed by atoms with E-state index in [-0.39, 0.29) is 12.2 Å². The van der Waals surface area contributed by atoms with Crippen molar-refractivity contribution in [3.8, 4) is 11.5 Å². The van der Waals surface area contributed by atoms with Crippen molar-refractivity contribution in [3.05, 3.63) is 88.7 Å². The summed E-state index contributed by atoms with van der Waals surface area (Å²) in [5.74, 6) is 0.520. The number of methoxy groups -OCH3 is 1. The van der Waals surface area contributed by atoms with Crippen molar-refractivity contribution in [2.75, 3.05) is 7.11 Å². The predicted octanol–water partition coefficient (Wildman–Crippen LogP) is 4.04. The van der Waals surface area contributed by atoms with Gasteiger partial charge in [-0.25, -0.2) is 4.79 Å². The second kappa shape index (κ2) is 10.4. The second-order valence-corrected chi connectivity index (χ2v) is 6.90. The van der Waals surface area contributed by atoms with Gasteiger partial charge in [0.15, 0.2) is 0 Å². The number of aliphatic hydroxyl groups excluding tert-OH is 1. The summed E-state index contributed by atoms with van der Waals surface area (Å²) in [5, 5.41) is 18.6. The van der Waals surface area contributed by atoms with Gasteiger partial charge in [-0.05, 0) is 60.7 Å². The van der Waals surface area contributed by atoms with E-state index in [1.165, 1.54) is 6.07 Å². The van der Waals surface area contributed by atoms with Crippen LogP contribution in [-0.4, -0.2) is 28.3 Å². The van der Waals surface area contributed by atoms with Gasteiger partial charge in [0.2, 0.25) is 0 Å². The third-order valence-corrected chi connectivity index (χ3v) is 4.72. The van der Waals surface area contributed by atoms with Gasteiger partial charge in [0.05, 0.1) is 25.0 Å². The maximum Gasteiger partial charge on any atom is 0.335 e. The Labute approximate surface area is 175 Å². The molecule has 2 aromatic carbocycles. The third kappa shape index (κ3) is 5.81. The molecular weight excluding hydrogens is 382 g/mol. The maximum atomic E-state index is 11.3. The number of pyridine rings is 1. The van der Waals surface area contributed by atoms with Crippen molar-refractivity contribution in [2.45, 2.75) is 32.5 Å². The molecule has 3 aromatic rings. The Balaban J connectivity index is 1.69. The van der Waals surface area contributed by atoms with Crippen LogP contribution in [0.4, 0.5) is 0 Å². The number of carboxylic acid groups (broad SMARTS) is 1. The number of carbonyl (C=O) groups is 1. The molecule has 0 unspecified atom stereocenters. The topological polar surface area (TPSA) is 88.9 Å². The number of hydrogen-bond acceptors (Lipinski definition) is 5. The number of carboxylic acids is 1. The fourth-order valence-corrected chi connectivity index (χ4v) is 3.20. The first-order chi connectivity index (χ1) is 14.6. The molecule has 0 fully saturated rings. The van der Waals surface area contributed by atoms with E-state index < -0.39 is 5.97 Å². The van der Waals surface area contributed by atoms with Gasteiger partial charge >= 0.3 is 5.97 Å². The summed E-state index contributed by atoms with van der Waals surface area (Å²) in [6, 6.07) is 18.6. The number of aromatic carboxylic acids is 1. The van der Waals surface area contributed by atoms with Crippen molar-refractivity contribution in [1.82, 2.24) is 4.98 Å². The lowest BCUT2D eigenvalue weighted by Gasteiger charge is -2.13. The molecule has 0 aliphatic carbocycles. The minimum Gasteiger partial charge on any atom is -0.497 e. The number of aromatic nitrogens is 1. The van der Waals surface area contributed by atoms with E-state index in [1.54, 1.807) is 13.2 Å². The molecule has 1 aromatic heterocycles. The van der Waals surface area contributed by atoms with Crippen LogP contribution < -0.4 is 9.47 Å². The lowest BCUT2D eigenvalue weighted by Crippen LogP contribution is -2.05. The molecule has 1 heterocycles. The SMILES string of the molecule is COc1ccc(OCc2ccccc2)c(CCCc2cc(C(=O)O)cc(CO)n2)c1. The van der Waals surface area contributed by atoms with Crippen LogP contribution in [-0.2, 0) is 26.1 Å². The largest absolute Gasteiger partial charge is 0.497 e. The van der Waals surface area contributed by atoms with Gasteiger partial charge in [-0.2, -0.15) is 0 Å².